The molecule has 3 saturated heterocycles. The molecule has 1 N–H and O–H groups in total. The number of hydrogen-bond acceptors (Lipinski definition) is 3. The molecular weight excluding hydrogens is 321 g/mol. The first-order valence-corrected chi connectivity index (χ1v) is 8.49. The Morgan fingerprint density at radius 2 is 1.68 bits per heavy atom. The Balaban J connectivity index is 0.00000121. The minimum atomic E-state index is 0. The summed E-state index contributed by atoms with van der Waals surface area (Å²) in [5.41, 5.74) is 0. The molecule has 0 aromatic carbocycles. The average molecular weight is 352 g/mol. The van der Waals surface area contributed by atoms with Crippen LogP contribution in [0, 0.1) is 11.8 Å². The van der Waals surface area contributed by atoms with Crippen LogP contribution in [0.25, 0.3) is 0 Å². The van der Waals surface area contributed by atoms with E-state index >= 15 is 0 Å². The molecule has 3 aliphatic heterocycles. The number of likely N-dealkylation sites (tertiary alicyclic amines) is 2. The van der Waals surface area contributed by atoms with Crippen LogP contribution in [-0.4, -0.2) is 61.0 Å². The van der Waals surface area contributed by atoms with E-state index in [2.05, 4.69) is 22.0 Å². The Morgan fingerprint density at radius 1 is 1.00 bits per heavy atom. The van der Waals surface area contributed by atoms with Crippen molar-refractivity contribution in [2.45, 2.75) is 45.1 Å². The molecule has 2 atom stereocenters. The first-order valence-electron chi connectivity index (χ1n) is 8.49. The topological polar surface area (TPSA) is 35.6 Å². The van der Waals surface area contributed by atoms with Gasteiger partial charge in [0.1, 0.15) is 0 Å². The maximum absolute atomic E-state index is 12.6. The molecule has 3 heterocycles. The first-order chi connectivity index (χ1) is 9.75. The van der Waals surface area contributed by atoms with E-state index in [1.165, 1.54) is 45.2 Å². The highest BCUT2D eigenvalue weighted by molar-refractivity contribution is 5.85. The van der Waals surface area contributed by atoms with Gasteiger partial charge < -0.3 is 15.1 Å². The van der Waals surface area contributed by atoms with Gasteiger partial charge in [-0.15, -0.1) is 24.8 Å². The van der Waals surface area contributed by atoms with Crippen LogP contribution in [0.2, 0.25) is 0 Å². The Kier molecular flexibility index (Phi) is 8.47. The number of carbonyl (C=O) groups is 1. The Labute approximate surface area is 147 Å². The lowest BCUT2D eigenvalue weighted by molar-refractivity contribution is -0.137. The highest BCUT2D eigenvalue weighted by Crippen LogP contribution is 2.24. The summed E-state index contributed by atoms with van der Waals surface area (Å²) in [6.45, 7) is 8.69. The van der Waals surface area contributed by atoms with E-state index < -0.39 is 0 Å². The third-order valence-electron chi connectivity index (χ3n) is 5.58. The second-order valence-electron chi connectivity index (χ2n) is 6.86. The van der Waals surface area contributed by atoms with Crippen molar-refractivity contribution in [3.63, 3.8) is 0 Å². The van der Waals surface area contributed by atoms with Crippen LogP contribution in [0.4, 0.5) is 0 Å². The standard InChI is InChI=1S/C16H29N3O.2ClH/c1-13(14-11-17-12-14)16(20)19-9-4-5-15(6-10-19)18-7-2-3-8-18;;/h13-15,17H,2-12H2,1H3;2*1H. The van der Waals surface area contributed by atoms with E-state index in [1.807, 2.05) is 0 Å². The molecule has 0 saturated carbocycles. The van der Waals surface area contributed by atoms with Crippen molar-refractivity contribution < 1.29 is 4.79 Å². The van der Waals surface area contributed by atoms with Crippen LogP contribution in [0.3, 0.4) is 0 Å². The molecule has 0 aromatic rings. The van der Waals surface area contributed by atoms with E-state index in [1.54, 1.807) is 0 Å². The number of amides is 1. The van der Waals surface area contributed by atoms with E-state index in [0.717, 1.165) is 32.2 Å². The molecule has 1 amide bonds. The third kappa shape index (κ3) is 4.50. The van der Waals surface area contributed by atoms with Crippen molar-refractivity contribution in [1.29, 1.82) is 0 Å². The first kappa shape index (κ1) is 20.0. The van der Waals surface area contributed by atoms with Gasteiger partial charge in [-0.3, -0.25) is 4.79 Å². The lowest BCUT2D eigenvalue weighted by Crippen LogP contribution is -2.50. The van der Waals surface area contributed by atoms with Gasteiger partial charge in [0, 0.05) is 25.0 Å². The summed E-state index contributed by atoms with van der Waals surface area (Å²) in [5, 5.41) is 3.28. The SMILES string of the molecule is CC(C(=O)N1CCCC(N2CCCC2)CC1)C1CNC1.Cl.Cl. The maximum atomic E-state index is 12.6. The second kappa shape index (κ2) is 9.31. The molecule has 3 rings (SSSR count). The van der Waals surface area contributed by atoms with Gasteiger partial charge in [0.05, 0.1) is 0 Å². The molecule has 4 nitrogen and oxygen atoms in total. The number of nitrogens with one attached hydrogen (secondary N) is 1. The monoisotopic (exact) mass is 351 g/mol. The summed E-state index contributed by atoms with van der Waals surface area (Å²) in [5.74, 6) is 1.18. The lowest BCUT2D eigenvalue weighted by Gasteiger charge is -2.35. The Hall–Kier alpha value is -0.0300. The zero-order valence-corrected chi connectivity index (χ0v) is 15.3. The van der Waals surface area contributed by atoms with Gasteiger partial charge in [-0.1, -0.05) is 6.92 Å². The van der Waals surface area contributed by atoms with Gasteiger partial charge in [-0.25, -0.2) is 0 Å². The van der Waals surface area contributed by atoms with Crippen molar-refractivity contribution in [1.82, 2.24) is 15.1 Å². The molecule has 3 fully saturated rings. The number of halogens is 2. The zero-order valence-electron chi connectivity index (χ0n) is 13.6. The Morgan fingerprint density at radius 3 is 2.27 bits per heavy atom. The predicted molar refractivity (Wildman–Crippen MR) is 95.0 cm³/mol. The Bertz CT molecular complexity index is 346. The molecule has 0 aromatic heterocycles. The van der Waals surface area contributed by atoms with E-state index in [9.17, 15) is 4.79 Å². The highest BCUT2D eigenvalue weighted by Gasteiger charge is 2.33. The van der Waals surface area contributed by atoms with Crippen LogP contribution < -0.4 is 5.32 Å². The molecule has 130 valence electrons. The molecule has 22 heavy (non-hydrogen) atoms. The zero-order chi connectivity index (χ0) is 13.9. The van der Waals surface area contributed by atoms with Crippen molar-refractivity contribution >= 4 is 30.7 Å². The van der Waals surface area contributed by atoms with Gasteiger partial charge in [0.25, 0.3) is 0 Å². The van der Waals surface area contributed by atoms with Crippen molar-refractivity contribution in [3.05, 3.63) is 0 Å². The van der Waals surface area contributed by atoms with Crippen molar-refractivity contribution in [2.75, 3.05) is 39.3 Å². The predicted octanol–water partition coefficient (Wildman–Crippen LogP) is 2.16. The molecule has 2 unspecified atom stereocenters. The normalized spacial score (nSPS) is 28.0. The van der Waals surface area contributed by atoms with E-state index in [-0.39, 0.29) is 30.7 Å². The van der Waals surface area contributed by atoms with Crippen LogP contribution in [-0.2, 0) is 4.79 Å². The summed E-state index contributed by atoms with van der Waals surface area (Å²) >= 11 is 0. The molecule has 0 spiro atoms. The summed E-state index contributed by atoms with van der Waals surface area (Å²) < 4.78 is 0. The van der Waals surface area contributed by atoms with Gasteiger partial charge in [0.2, 0.25) is 5.91 Å². The minimum Gasteiger partial charge on any atom is -0.342 e. The fourth-order valence-electron chi connectivity index (χ4n) is 3.93. The summed E-state index contributed by atoms with van der Waals surface area (Å²) in [6, 6.07) is 0.732. The lowest BCUT2D eigenvalue weighted by atomic mass is 9.88. The van der Waals surface area contributed by atoms with E-state index in [0.29, 0.717) is 11.8 Å². The van der Waals surface area contributed by atoms with Gasteiger partial charge in [0.15, 0.2) is 0 Å². The third-order valence-corrected chi connectivity index (χ3v) is 5.58. The maximum Gasteiger partial charge on any atom is 0.225 e. The quantitative estimate of drug-likeness (QED) is 0.846. The average Bonchev–Trinajstić information content (AvgIpc) is 2.81. The van der Waals surface area contributed by atoms with Crippen LogP contribution in [0.1, 0.15) is 39.0 Å². The second-order valence-corrected chi connectivity index (χ2v) is 6.86. The molecule has 6 heteroatoms. The molecule has 0 bridgehead atoms. The van der Waals surface area contributed by atoms with Crippen LogP contribution >= 0.6 is 24.8 Å². The van der Waals surface area contributed by atoms with Gasteiger partial charge in [-0.05, 0) is 64.2 Å². The van der Waals surface area contributed by atoms with Crippen molar-refractivity contribution in [2.24, 2.45) is 11.8 Å². The molecular formula is C16H31Cl2N3O. The number of rotatable bonds is 3. The minimum absolute atomic E-state index is 0. The summed E-state index contributed by atoms with van der Waals surface area (Å²) in [6.07, 6.45) is 6.38. The number of carbonyl (C=O) groups excluding carboxylic acids is 1. The van der Waals surface area contributed by atoms with Crippen LogP contribution in [0.5, 0.6) is 0 Å². The van der Waals surface area contributed by atoms with Crippen molar-refractivity contribution in [3.8, 4) is 0 Å². The largest absolute Gasteiger partial charge is 0.342 e. The molecule has 0 aliphatic carbocycles. The number of hydrogen-bond donors (Lipinski definition) is 1. The summed E-state index contributed by atoms with van der Waals surface area (Å²) in [4.78, 5) is 17.4. The van der Waals surface area contributed by atoms with Crippen LogP contribution in [0.15, 0.2) is 0 Å². The smallest absolute Gasteiger partial charge is 0.225 e. The number of nitrogens with zero attached hydrogens (tertiary/aromatic N) is 2. The fourth-order valence-corrected chi connectivity index (χ4v) is 3.93. The van der Waals surface area contributed by atoms with Gasteiger partial charge in [-0.2, -0.15) is 0 Å². The molecule has 0 radical (unpaired) electrons. The van der Waals surface area contributed by atoms with Gasteiger partial charge >= 0.3 is 0 Å². The summed E-state index contributed by atoms with van der Waals surface area (Å²) in [7, 11) is 0. The highest BCUT2D eigenvalue weighted by atomic mass is 35.5. The fraction of sp³-hybridized carbons (Fsp3) is 0.938. The van der Waals surface area contributed by atoms with E-state index in [4.69, 9.17) is 0 Å². The molecule has 3 aliphatic rings.